The molecule has 0 saturated heterocycles. The van der Waals surface area contributed by atoms with Crippen molar-refractivity contribution in [1.29, 1.82) is 0 Å². The standard InChI is InChI=1S/C11H12N2O2/c1-7(2)15-11(14)9-6-8-4-3-5-12-10(8)13-9/h3-7H,1-2H3,(H,12,13). The van der Waals surface area contributed by atoms with Crippen LogP contribution in [-0.2, 0) is 4.74 Å². The average Bonchev–Trinajstić information content (AvgIpc) is 2.59. The van der Waals surface area contributed by atoms with Crippen molar-refractivity contribution in [2.75, 3.05) is 0 Å². The third-order valence-corrected chi connectivity index (χ3v) is 1.95. The number of ether oxygens (including phenoxy) is 1. The van der Waals surface area contributed by atoms with E-state index in [2.05, 4.69) is 9.97 Å². The molecule has 0 aliphatic rings. The molecule has 2 rings (SSSR count). The Bertz CT molecular complexity index is 455. The fourth-order valence-electron chi connectivity index (χ4n) is 1.35. The van der Waals surface area contributed by atoms with Gasteiger partial charge in [-0.2, -0.15) is 0 Å². The predicted octanol–water partition coefficient (Wildman–Crippen LogP) is 2.13. The second-order valence-corrected chi connectivity index (χ2v) is 3.58. The van der Waals surface area contributed by atoms with Crippen LogP contribution in [0.2, 0.25) is 0 Å². The quantitative estimate of drug-likeness (QED) is 0.762. The van der Waals surface area contributed by atoms with E-state index in [1.54, 1.807) is 12.3 Å². The molecule has 0 amide bonds. The molecule has 4 nitrogen and oxygen atoms in total. The molecular weight excluding hydrogens is 192 g/mol. The van der Waals surface area contributed by atoms with Gasteiger partial charge in [0.25, 0.3) is 0 Å². The third kappa shape index (κ3) is 1.98. The number of carbonyl (C=O) groups excluding carboxylic acids is 1. The van der Waals surface area contributed by atoms with Crippen molar-refractivity contribution in [2.45, 2.75) is 20.0 Å². The second-order valence-electron chi connectivity index (χ2n) is 3.58. The Balaban J connectivity index is 2.32. The van der Waals surface area contributed by atoms with Gasteiger partial charge in [0, 0.05) is 11.6 Å². The topological polar surface area (TPSA) is 55.0 Å². The molecule has 1 N–H and O–H groups in total. The molecule has 0 atom stereocenters. The number of hydrogen-bond acceptors (Lipinski definition) is 3. The minimum absolute atomic E-state index is 0.114. The number of aromatic amines is 1. The summed E-state index contributed by atoms with van der Waals surface area (Å²) in [5, 5.41) is 0.910. The van der Waals surface area contributed by atoms with Crippen molar-refractivity contribution in [1.82, 2.24) is 9.97 Å². The summed E-state index contributed by atoms with van der Waals surface area (Å²) in [5.41, 5.74) is 1.14. The Labute approximate surface area is 87.3 Å². The van der Waals surface area contributed by atoms with Gasteiger partial charge in [-0.05, 0) is 32.0 Å². The number of nitrogens with zero attached hydrogens (tertiary/aromatic N) is 1. The van der Waals surface area contributed by atoms with Gasteiger partial charge < -0.3 is 9.72 Å². The molecule has 0 aromatic carbocycles. The molecule has 2 aromatic heterocycles. The minimum Gasteiger partial charge on any atom is -0.458 e. The highest BCUT2D eigenvalue weighted by molar-refractivity contribution is 5.93. The van der Waals surface area contributed by atoms with E-state index >= 15 is 0 Å². The van der Waals surface area contributed by atoms with Crippen LogP contribution in [-0.4, -0.2) is 22.0 Å². The first-order valence-corrected chi connectivity index (χ1v) is 4.81. The number of H-pyrrole nitrogens is 1. The Morgan fingerprint density at radius 1 is 1.53 bits per heavy atom. The van der Waals surface area contributed by atoms with E-state index in [4.69, 9.17) is 4.74 Å². The van der Waals surface area contributed by atoms with E-state index in [-0.39, 0.29) is 12.1 Å². The summed E-state index contributed by atoms with van der Waals surface area (Å²) in [5.74, 6) is -0.344. The van der Waals surface area contributed by atoms with E-state index in [0.717, 1.165) is 5.39 Å². The van der Waals surface area contributed by atoms with Crippen LogP contribution in [0.1, 0.15) is 24.3 Å². The van der Waals surface area contributed by atoms with Crippen molar-refractivity contribution < 1.29 is 9.53 Å². The maximum Gasteiger partial charge on any atom is 0.355 e. The Morgan fingerprint density at radius 2 is 2.33 bits per heavy atom. The van der Waals surface area contributed by atoms with Crippen LogP contribution < -0.4 is 0 Å². The summed E-state index contributed by atoms with van der Waals surface area (Å²) in [7, 11) is 0. The maximum absolute atomic E-state index is 11.5. The number of carbonyl (C=O) groups is 1. The van der Waals surface area contributed by atoms with Gasteiger partial charge in [-0.25, -0.2) is 9.78 Å². The molecule has 0 aliphatic heterocycles. The monoisotopic (exact) mass is 204 g/mol. The van der Waals surface area contributed by atoms with E-state index in [9.17, 15) is 4.79 Å². The zero-order valence-electron chi connectivity index (χ0n) is 8.65. The van der Waals surface area contributed by atoms with E-state index < -0.39 is 0 Å². The summed E-state index contributed by atoms with van der Waals surface area (Å²) in [4.78, 5) is 18.6. The van der Waals surface area contributed by atoms with Crippen LogP contribution in [0.25, 0.3) is 11.0 Å². The first-order chi connectivity index (χ1) is 7.16. The molecule has 2 heterocycles. The van der Waals surface area contributed by atoms with Crippen LogP contribution in [0.15, 0.2) is 24.4 Å². The number of aromatic nitrogens is 2. The molecule has 15 heavy (non-hydrogen) atoms. The van der Waals surface area contributed by atoms with Crippen molar-refractivity contribution in [3.05, 3.63) is 30.1 Å². The highest BCUT2D eigenvalue weighted by Crippen LogP contribution is 2.13. The van der Waals surface area contributed by atoms with Crippen molar-refractivity contribution in [3.8, 4) is 0 Å². The second kappa shape index (κ2) is 3.73. The Kier molecular flexibility index (Phi) is 2.41. The Morgan fingerprint density at radius 3 is 3.00 bits per heavy atom. The fraction of sp³-hybridized carbons (Fsp3) is 0.273. The highest BCUT2D eigenvalue weighted by Gasteiger charge is 2.12. The average molecular weight is 204 g/mol. The smallest absolute Gasteiger partial charge is 0.355 e. The minimum atomic E-state index is -0.344. The van der Waals surface area contributed by atoms with Gasteiger partial charge in [0.05, 0.1) is 6.10 Å². The van der Waals surface area contributed by atoms with Crippen LogP contribution in [0.4, 0.5) is 0 Å². The lowest BCUT2D eigenvalue weighted by molar-refractivity contribution is 0.0372. The maximum atomic E-state index is 11.5. The lowest BCUT2D eigenvalue weighted by atomic mass is 10.3. The predicted molar refractivity (Wildman–Crippen MR) is 56.6 cm³/mol. The lowest BCUT2D eigenvalue weighted by Crippen LogP contribution is -2.11. The highest BCUT2D eigenvalue weighted by atomic mass is 16.5. The van der Waals surface area contributed by atoms with E-state index in [0.29, 0.717) is 11.3 Å². The first kappa shape index (κ1) is 9.71. The lowest BCUT2D eigenvalue weighted by Gasteiger charge is -2.05. The van der Waals surface area contributed by atoms with Crippen LogP contribution >= 0.6 is 0 Å². The molecule has 0 fully saturated rings. The normalized spacial score (nSPS) is 10.9. The van der Waals surface area contributed by atoms with Crippen LogP contribution in [0.3, 0.4) is 0 Å². The first-order valence-electron chi connectivity index (χ1n) is 4.81. The van der Waals surface area contributed by atoms with E-state index in [1.807, 2.05) is 26.0 Å². The van der Waals surface area contributed by atoms with E-state index in [1.165, 1.54) is 0 Å². The molecule has 78 valence electrons. The number of esters is 1. The number of pyridine rings is 1. The molecule has 0 spiro atoms. The zero-order valence-corrected chi connectivity index (χ0v) is 8.65. The fourth-order valence-corrected chi connectivity index (χ4v) is 1.35. The van der Waals surface area contributed by atoms with Crippen molar-refractivity contribution in [2.24, 2.45) is 0 Å². The van der Waals surface area contributed by atoms with Gasteiger partial charge in [0.2, 0.25) is 0 Å². The molecule has 0 bridgehead atoms. The van der Waals surface area contributed by atoms with Gasteiger partial charge >= 0.3 is 5.97 Å². The summed E-state index contributed by atoms with van der Waals surface area (Å²) in [6.45, 7) is 3.64. The van der Waals surface area contributed by atoms with Crippen LogP contribution in [0, 0.1) is 0 Å². The van der Waals surface area contributed by atoms with Gasteiger partial charge in [-0.3, -0.25) is 0 Å². The number of hydrogen-bond donors (Lipinski definition) is 1. The van der Waals surface area contributed by atoms with Crippen molar-refractivity contribution >= 4 is 17.0 Å². The largest absolute Gasteiger partial charge is 0.458 e. The molecule has 0 radical (unpaired) electrons. The van der Waals surface area contributed by atoms with Gasteiger partial charge in [0.15, 0.2) is 0 Å². The number of nitrogens with one attached hydrogen (secondary N) is 1. The molecule has 0 aliphatic carbocycles. The number of rotatable bonds is 2. The van der Waals surface area contributed by atoms with Crippen molar-refractivity contribution in [3.63, 3.8) is 0 Å². The third-order valence-electron chi connectivity index (χ3n) is 1.95. The Hall–Kier alpha value is -1.84. The van der Waals surface area contributed by atoms with Crippen LogP contribution in [0.5, 0.6) is 0 Å². The molecule has 0 saturated carbocycles. The zero-order chi connectivity index (χ0) is 10.8. The molecule has 2 aromatic rings. The SMILES string of the molecule is CC(C)OC(=O)c1cc2cccnc2[nH]1. The summed E-state index contributed by atoms with van der Waals surface area (Å²) >= 11 is 0. The molecular formula is C11H12N2O2. The molecule has 4 heteroatoms. The summed E-state index contributed by atoms with van der Waals surface area (Å²) < 4.78 is 5.07. The van der Waals surface area contributed by atoms with Gasteiger partial charge in [-0.1, -0.05) is 0 Å². The van der Waals surface area contributed by atoms with Gasteiger partial charge in [-0.15, -0.1) is 0 Å². The number of fused-ring (bicyclic) bond motifs is 1. The molecule has 0 unspecified atom stereocenters. The van der Waals surface area contributed by atoms with Gasteiger partial charge in [0.1, 0.15) is 11.3 Å². The summed E-state index contributed by atoms with van der Waals surface area (Å²) in [6, 6.07) is 5.46. The summed E-state index contributed by atoms with van der Waals surface area (Å²) in [6.07, 6.45) is 1.56.